The Bertz CT molecular complexity index is 271. The Morgan fingerprint density at radius 1 is 0.950 bits per heavy atom. The molecule has 0 aromatic heterocycles. The summed E-state index contributed by atoms with van der Waals surface area (Å²) in [6, 6.07) is 0. The molecular formula is C18H32O2. The van der Waals surface area contributed by atoms with Crippen molar-refractivity contribution >= 4 is 0 Å². The molecule has 2 heteroatoms. The first-order chi connectivity index (χ1) is 9.83. The molecule has 0 unspecified atom stereocenters. The van der Waals surface area contributed by atoms with Crippen molar-refractivity contribution in [2.75, 3.05) is 13.2 Å². The summed E-state index contributed by atoms with van der Waals surface area (Å²) >= 11 is 0. The molecule has 1 heterocycles. The zero-order valence-corrected chi connectivity index (χ0v) is 13.4. The molecule has 20 heavy (non-hydrogen) atoms. The van der Waals surface area contributed by atoms with Crippen LogP contribution in [0.25, 0.3) is 0 Å². The van der Waals surface area contributed by atoms with Crippen molar-refractivity contribution in [2.45, 2.75) is 71.5 Å². The first-order valence-electron chi connectivity index (χ1n) is 8.73. The van der Waals surface area contributed by atoms with Crippen LogP contribution in [0, 0.1) is 17.8 Å². The lowest BCUT2D eigenvalue weighted by atomic mass is 9.79. The Labute approximate surface area is 124 Å². The third-order valence-corrected chi connectivity index (χ3v) is 4.79. The second-order valence-corrected chi connectivity index (χ2v) is 6.58. The number of allylic oxidation sites excluding steroid dienone is 1. The lowest BCUT2D eigenvalue weighted by Crippen LogP contribution is -2.38. The first kappa shape index (κ1) is 16.0. The molecule has 2 nitrogen and oxygen atoms in total. The van der Waals surface area contributed by atoms with E-state index < -0.39 is 0 Å². The summed E-state index contributed by atoms with van der Waals surface area (Å²) in [7, 11) is 0. The molecule has 116 valence electrons. The van der Waals surface area contributed by atoms with Gasteiger partial charge in [-0.25, -0.2) is 0 Å². The van der Waals surface area contributed by atoms with E-state index in [4.69, 9.17) is 9.47 Å². The van der Waals surface area contributed by atoms with Crippen LogP contribution in [-0.2, 0) is 9.47 Å². The summed E-state index contributed by atoms with van der Waals surface area (Å²) in [5.74, 6) is 2.07. The van der Waals surface area contributed by atoms with Gasteiger partial charge in [-0.2, -0.15) is 0 Å². The molecule has 2 rings (SSSR count). The van der Waals surface area contributed by atoms with Crippen LogP contribution in [0.3, 0.4) is 0 Å². The van der Waals surface area contributed by atoms with Gasteiger partial charge in [0.05, 0.1) is 13.2 Å². The number of rotatable bonds is 6. The molecule has 0 aromatic carbocycles. The standard InChI is InChI=1S/C18H32O2/c1-3-5-6-8-16-13-19-18(20-14-16)17-11-9-15(7-4-2)10-12-17/h6,8,15-18H,3-5,7,9-14H2,1-2H3/b8-6+. The lowest BCUT2D eigenvalue weighted by molar-refractivity contribution is -0.223. The highest BCUT2D eigenvalue weighted by molar-refractivity contribution is 4.90. The van der Waals surface area contributed by atoms with Gasteiger partial charge in [-0.3, -0.25) is 0 Å². The second kappa shape index (κ2) is 8.84. The normalized spacial score (nSPS) is 35.5. The lowest BCUT2D eigenvalue weighted by Gasteiger charge is -2.37. The third kappa shape index (κ3) is 4.89. The molecule has 1 saturated heterocycles. The minimum atomic E-state index is 0.0772. The minimum Gasteiger partial charge on any atom is -0.352 e. The molecule has 0 aromatic rings. The average molecular weight is 280 g/mol. The van der Waals surface area contributed by atoms with Crippen molar-refractivity contribution < 1.29 is 9.47 Å². The molecule has 0 bridgehead atoms. The Hall–Kier alpha value is -0.340. The molecule has 1 aliphatic carbocycles. The van der Waals surface area contributed by atoms with E-state index in [2.05, 4.69) is 26.0 Å². The highest BCUT2D eigenvalue weighted by Gasteiger charge is 2.31. The minimum absolute atomic E-state index is 0.0772. The Kier molecular flexibility index (Phi) is 7.09. The summed E-state index contributed by atoms with van der Waals surface area (Å²) in [5.41, 5.74) is 0. The molecule has 1 saturated carbocycles. The first-order valence-corrected chi connectivity index (χ1v) is 8.73. The molecule has 2 fully saturated rings. The van der Waals surface area contributed by atoms with Crippen molar-refractivity contribution in [2.24, 2.45) is 17.8 Å². The fourth-order valence-corrected chi connectivity index (χ4v) is 3.53. The second-order valence-electron chi connectivity index (χ2n) is 6.58. The van der Waals surface area contributed by atoms with Crippen molar-refractivity contribution in [3.63, 3.8) is 0 Å². The van der Waals surface area contributed by atoms with E-state index in [1.54, 1.807) is 0 Å². The summed E-state index contributed by atoms with van der Waals surface area (Å²) in [4.78, 5) is 0. The van der Waals surface area contributed by atoms with E-state index >= 15 is 0 Å². The predicted molar refractivity (Wildman–Crippen MR) is 83.6 cm³/mol. The molecule has 0 radical (unpaired) electrons. The van der Waals surface area contributed by atoms with Gasteiger partial charge in [-0.1, -0.05) is 45.3 Å². The van der Waals surface area contributed by atoms with E-state index in [0.29, 0.717) is 11.8 Å². The van der Waals surface area contributed by atoms with Crippen LogP contribution in [0.2, 0.25) is 0 Å². The van der Waals surface area contributed by atoms with Crippen LogP contribution in [0.1, 0.15) is 65.2 Å². The SMILES string of the molecule is CCC/C=C/C1COC(C2CCC(CCC)CC2)OC1. The maximum absolute atomic E-state index is 5.98. The van der Waals surface area contributed by atoms with Crippen LogP contribution in [0.15, 0.2) is 12.2 Å². The number of hydrogen-bond acceptors (Lipinski definition) is 2. The van der Waals surface area contributed by atoms with Gasteiger partial charge < -0.3 is 9.47 Å². The van der Waals surface area contributed by atoms with Gasteiger partial charge >= 0.3 is 0 Å². The summed E-state index contributed by atoms with van der Waals surface area (Å²) < 4.78 is 12.0. The predicted octanol–water partition coefficient (Wildman–Crippen LogP) is 4.94. The van der Waals surface area contributed by atoms with Gasteiger partial charge in [0.25, 0.3) is 0 Å². The van der Waals surface area contributed by atoms with Crippen molar-refractivity contribution in [1.82, 2.24) is 0 Å². The smallest absolute Gasteiger partial charge is 0.160 e. The van der Waals surface area contributed by atoms with Crippen LogP contribution < -0.4 is 0 Å². The number of unbranched alkanes of at least 4 members (excludes halogenated alkanes) is 1. The van der Waals surface area contributed by atoms with Crippen LogP contribution in [-0.4, -0.2) is 19.5 Å². The Balaban J connectivity index is 1.67. The van der Waals surface area contributed by atoms with E-state index in [-0.39, 0.29) is 6.29 Å². The zero-order chi connectivity index (χ0) is 14.2. The zero-order valence-electron chi connectivity index (χ0n) is 13.4. The van der Waals surface area contributed by atoms with Gasteiger partial charge in [0, 0.05) is 11.8 Å². The van der Waals surface area contributed by atoms with Gasteiger partial charge in [0.15, 0.2) is 6.29 Å². The highest BCUT2D eigenvalue weighted by atomic mass is 16.7. The van der Waals surface area contributed by atoms with Crippen molar-refractivity contribution in [1.29, 1.82) is 0 Å². The van der Waals surface area contributed by atoms with Crippen LogP contribution >= 0.6 is 0 Å². The monoisotopic (exact) mass is 280 g/mol. The van der Waals surface area contributed by atoms with E-state index in [0.717, 1.165) is 19.1 Å². The Morgan fingerprint density at radius 3 is 2.25 bits per heavy atom. The van der Waals surface area contributed by atoms with E-state index in [1.807, 2.05) is 0 Å². The average Bonchev–Trinajstić information content (AvgIpc) is 2.49. The quantitative estimate of drug-likeness (QED) is 0.642. The van der Waals surface area contributed by atoms with Crippen molar-refractivity contribution in [3.05, 3.63) is 12.2 Å². The molecule has 1 aliphatic heterocycles. The maximum atomic E-state index is 5.98. The number of ether oxygens (including phenoxy) is 2. The Morgan fingerprint density at radius 2 is 1.65 bits per heavy atom. The topological polar surface area (TPSA) is 18.5 Å². The molecular weight excluding hydrogens is 248 g/mol. The molecule has 0 N–H and O–H groups in total. The molecule has 0 spiro atoms. The van der Waals surface area contributed by atoms with Gasteiger partial charge in [-0.15, -0.1) is 0 Å². The van der Waals surface area contributed by atoms with E-state index in [1.165, 1.54) is 51.4 Å². The summed E-state index contributed by atoms with van der Waals surface area (Å²) in [6.45, 7) is 6.20. The van der Waals surface area contributed by atoms with E-state index in [9.17, 15) is 0 Å². The van der Waals surface area contributed by atoms with Gasteiger partial charge in [0.1, 0.15) is 0 Å². The van der Waals surface area contributed by atoms with Crippen LogP contribution in [0.5, 0.6) is 0 Å². The molecule has 0 amide bonds. The fraction of sp³-hybridized carbons (Fsp3) is 0.889. The summed E-state index contributed by atoms with van der Waals surface area (Å²) in [6.07, 6.45) is 15.1. The third-order valence-electron chi connectivity index (χ3n) is 4.79. The fourth-order valence-electron chi connectivity index (χ4n) is 3.53. The summed E-state index contributed by atoms with van der Waals surface area (Å²) in [5, 5.41) is 0. The molecule has 0 atom stereocenters. The van der Waals surface area contributed by atoms with Crippen LogP contribution in [0.4, 0.5) is 0 Å². The van der Waals surface area contributed by atoms with Gasteiger partial charge in [0.2, 0.25) is 0 Å². The highest BCUT2D eigenvalue weighted by Crippen LogP contribution is 2.35. The molecule has 2 aliphatic rings. The van der Waals surface area contributed by atoms with Gasteiger partial charge in [-0.05, 0) is 38.0 Å². The largest absolute Gasteiger partial charge is 0.352 e. The number of hydrogen-bond donors (Lipinski definition) is 0. The maximum Gasteiger partial charge on any atom is 0.160 e. The van der Waals surface area contributed by atoms with Crippen molar-refractivity contribution in [3.8, 4) is 0 Å².